The molecule has 0 saturated heterocycles. The highest BCUT2D eigenvalue weighted by Crippen LogP contribution is 2.31. The Bertz CT molecular complexity index is 494. The fraction of sp³-hybridized carbons (Fsp3) is 0.714. The molecule has 1 aromatic carbocycles. The van der Waals surface area contributed by atoms with Gasteiger partial charge in [0.05, 0.1) is 26.4 Å². The SMILES string of the molecule is COc1ccc(COCC(O)CN(CC2CCCCC2)C2CC2)cc1. The first kappa shape index (κ1) is 18.7. The van der Waals surface area contributed by atoms with Gasteiger partial charge in [0, 0.05) is 19.1 Å². The van der Waals surface area contributed by atoms with Crippen LogP contribution in [-0.2, 0) is 11.3 Å². The fourth-order valence-electron chi connectivity index (χ4n) is 3.87. The third kappa shape index (κ3) is 6.28. The summed E-state index contributed by atoms with van der Waals surface area (Å²) in [5, 5.41) is 10.4. The lowest BCUT2D eigenvalue weighted by atomic mass is 9.89. The van der Waals surface area contributed by atoms with Crippen LogP contribution >= 0.6 is 0 Å². The van der Waals surface area contributed by atoms with E-state index in [2.05, 4.69) is 4.90 Å². The number of aliphatic hydroxyl groups is 1. The first-order valence-electron chi connectivity index (χ1n) is 9.87. The Morgan fingerprint density at radius 2 is 1.80 bits per heavy atom. The average molecular weight is 347 g/mol. The summed E-state index contributed by atoms with van der Waals surface area (Å²) in [6.07, 6.45) is 9.11. The van der Waals surface area contributed by atoms with Crippen LogP contribution in [0.1, 0.15) is 50.5 Å². The van der Waals surface area contributed by atoms with Crippen molar-refractivity contribution in [3.63, 3.8) is 0 Å². The smallest absolute Gasteiger partial charge is 0.118 e. The third-order valence-corrected chi connectivity index (χ3v) is 5.46. The van der Waals surface area contributed by atoms with Crippen molar-refractivity contribution in [3.05, 3.63) is 29.8 Å². The van der Waals surface area contributed by atoms with Gasteiger partial charge in [-0.25, -0.2) is 0 Å². The first-order valence-corrected chi connectivity index (χ1v) is 9.87. The molecule has 1 N–H and O–H groups in total. The topological polar surface area (TPSA) is 41.9 Å². The minimum Gasteiger partial charge on any atom is -0.497 e. The normalized spacial score (nSPS) is 20.0. The van der Waals surface area contributed by atoms with Crippen molar-refractivity contribution < 1.29 is 14.6 Å². The van der Waals surface area contributed by atoms with Gasteiger partial charge in [-0.2, -0.15) is 0 Å². The second-order valence-corrected chi connectivity index (χ2v) is 7.71. The fourth-order valence-corrected chi connectivity index (χ4v) is 3.87. The van der Waals surface area contributed by atoms with E-state index in [1.54, 1.807) is 7.11 Å². The van der Waals surface area contributed by atoms with E-state index in [1.807, 2.05) is 24.3 Å². The summed E-state index contributed by atoms with van der Waals surface area (Å²) in [7, 11) is 1.67. The molecule has 0 aliphatic heterocycles. The van der Waals surface area contributed by atoms with Crippen LogP contribution in [0.2, 0.25) is 0 Å². The van der Waals surface area contributed by atoms with Crippen LogP contribution in [0.5, 0.6) is 5.75 Å². The Labute approximate surface area is 152 Å². The van der Waals surface area contributed by atoms with Crippen LogP contribution < -0.4 is 4.74 Å². The van der Waals surface area contributed by atoms with E-state index < -0.39 is 6.10 Å². The number of methoxy groups -OCH3 is 1. The standard InChI is InChI=1S/C21H33NO3/c1-24-21-11-7-18(8-12-21)15-25-16-20(23)14-22(19-9-10-19)13-17-5-3-2-4-6-17/h7-8,11-12,17,19-20,23H,2-6,9-10,13-16H2,1H3. The van der Waals surface area contributed by atoms with E-state index in [4.69, 9.17) is 9.47 Å². The van der Waals surface area contributed by atoms with Crippen LogP contribution in [0.25, 0.3) is 0 Å². The molecule has 1 aromatic rings. The molecular formula is C21H33NO3. The maximum atomic E-state index is 10.4. The number of aliphatic hydroxyl groups excluding tert-OH is 1. The summed E-state index contributed by atoms with van der Waals surface area (Å²) in [5.74, 6) is 1.69. The van der Waals surface area contributed by atoms with Gasteiger partial charge in [0.2, 0.25) is 0 Å². The number of hydrogen-bond acceptors (Lipinski definition) is 4. The van der Waals surface area contributed by atoms with Crippen LogP contribution in [0, 0.1) is 5.92 Å². The highest BCUT2D eigenvalue weighted by molar-refractivity contribution is 5.26. The Morgan fingerprint density at radius 3 is 2.44 bits per heavy atom. The van der Waals surface area contributed by atoms with Gasteiger partial charge >= 0.3 is 0 Å². The second kappa shape index (κ2) is 9.56. The summed E-state index contributed by atoms with van der Waals surface area (Å²) in [6, 6.07) is 8.59. The Morgan fingerprint density at radius 1 is 1.08 bits per heavy atom. The molecule has 4 heteroatoms. The van der Waals surface area contributed by atoms with Gasteiger partial charge in [-0.05, 0) is 49.3 Å². The van der Waals surface area contributed by atoms with Crippen molar-refractivity contribution in [1.29, 1.82) is 0 Å². The number of nitrogens with zero attached hydrogens (tertiary/aromatic N) is 1. The van der Waals surface area contributed by atoms with Gasteiger partial charge in [-0.1, -0.05) is 31.4 Å². The molecule has 3 rings (SSSR count). The maximum absolute atomic E-state index is 10.4. The molecule has 0 spiro atoms. The molecule has 1 unspecified atom stereocenters. The van der Waals surface area contributed by atoms with Crippen molar-refractivity contribution in [2.24, 2.45) is 5.92 Å². The summed E-state index contributed by atoms with van der Waals surface area (Å²) in [5.41, 5.74) is 1.11. The van der Waals surface area contributed by atoms with Gasteiger partial charge in [-0.15, -0.1) is 0 Å². The Balaban J connectivity index is 1.38. The van der Waals surface area contributed by atoms with Crippen LogP contribution in [-0.4, -0.2) is 49.0 Å². The van der Waals surface area contributed by atoms with Crippen molar-refractivity contribution >= 4 is 0 Å². The molecule has 1 atom stereocenters. The van der Waals surface area contributed by atoms with Gasteiger partial charge in [0.15, 0.2) is 0 Å². The molecule has 2 aliphatic carbocycles. The summed E-state index contributed by atoms with van der Waals surface area (Å²) < 4.78 is 10.9. The zero-order chi connectivity index (χ0) is 17.5. The minimum atomic E-state index is -0.401. The highest BCUT2D eigenvalue weighted by atomic mass is 16.5. The molecule has 2 aliphatic rings. The zero-order valence-electron chi connectivity index (χ0n) is 15.5. The quantitative estimate of drug-likeness (QED) is 0.702. The summed E-state index contributed by atoms with van der Waals surface area (Å²) in [6.45, 7) is 2.86. The van der Waals surface area contributed by atoms with Crippen molar-refractivity contribution in [2.75, 3.05) is 26.8 Å². The summed E-state index contributed by atoms with van der Waals surface area (Å²) in [4.78, 5) is 2.53. The van der Waals surface area contributed by atoms with Crippen molar-refractivity contribution in [2.45, 2.75) is 63.7 Å². The maximum Gasteiger partial charge on any atom is 0.118 e. The number of ether oxygens (including phenoxy) is 2. The molecule has 0 heterocycles. The van der Waals surface area contributed by atoms with Crippen LogP contribution in [0.4, 0.5) is 0 Å². The molecule has 25 heavy (non-hydrogen) atoms. The lowest BCUT2D eigenvalue weighted by Crippen LogP contribution is -2.39. The lowest BCUT2D eigenvalue weighted by molar-refractivity contribution is 0.00497. The van der Waals surface area contributed by atoms with Crippen LogP contribution in [0.15, 0.2) is 24.3 Å². The molecule has 0 radical (unpaired) electrons. The van der Waals surface area contributed by atoms with Crippen molar-refractivity contribution in [3.8, 4) is 5.75 Å². The monoisotopic (exact) mass is 347 g/mol. The van der Waals surface area contributed by atoms with Gasteiger partial charge < -0.3 is 14.6 Å². The Kier molecular flexibility index (Phi) is 7.14. The van der Waals surface area contributed by atoms with E-state index >= 15 is 0 Å². The molecule has 140 valence electrons. The van der Waals surface area contributed by atoms with Crippen molar-refractivity contribution in [1.82, 2.24) is 4.90 Å². The van der Waals surface area contributed by atoms with E-state index in [-0.39, 0.29) is 0 Å². The molecule has 2 fully saturated rings. The number of benzene rings is 1. The number of hydrogen-bond donors (Lipinski definition) is 1. The highest BCUT2D eigenvalue weighted by Gasteiger charge is 2.32. The third-order valence-electron chi connectivity index (χ3n) is 5.46. The number of rotatable bonds is 10. The first-order chi connectivity index (χ1) is 12.2. The van der Waals surface area contributed by atoms with Gasteiger partial charge in [0.1, 0.15) is 5.75 Å². The molecule has 2 saturated carbocycles. The van der Waals surface area contributed by atoms with Gasteiger partial charge in [0.25, 0.3) is 0 Å². The van der Waals surface area contributed by atoms with E-state index in [0.717, 1.165) is 23.8 Å². The second-order valence-electron chi connectivity index (χ2n) is 7.71. The van der Waals surface area contributed by atoms with E-state index in [0.29, 0.717) is 19.3 Å². The molecule has 4 nitrogen and oxygen atoms in total. The lowest BCUT2D eigenvalue weighted by Gasteiger charge is -2.31. The zero-order valence-corrected chi connectivity index (χ0v) is 15.5. The predicted octanol–water partition coefficient (Wildman–Crippen LogP) is 3.62. The van der Waals surface area contributed by atoms with Crippen LogP contribution in [0.3, 0.4) is 0 Å². The van der Waals surface area contributed by atoms with E-state index in [9.17, 15) is 5.11 Å². The largest absolute Gasteiger partial charge is 0.497 e. The molecular weight excluding hydrogens is 314 g/mol. The van der Waals surface area contributed by atoms with Gasteiger partial charge in [-0.3, -0.25) is 4.90 Å². The Hall–Kier alpha value is -1.10. The average Bonchev–Trinajstić information content (AvgIpc) is 3.48. The predicted molar refractivity (Wildman–Crippen MR) is 99.8 cm³/mol. The minimum absolute atomic E-state index is 0.401. The molecule has 0 bridgehead atoms. The van der Waals surface area contributed by atoms with E-state index in [1.165, 1.54) is 51.5 Å². The molecule has 0 aromatic heterocycles. The molecule has 0 amide bonds. The summed E-state index contributed by atoms with van der Waals surface area (Å²) >= 11 is 0.